The Bertz CT molecular complexity index is 1370. The van der Waals surface area contributed by atoms with Gasteiger partial charge in [0.15, 0.2) is 5.01 Å². The van der Waals surface area contributed by atoms with Crippen molar-refractivity contribution >= 4 is 52.4 Å². The van der Waals surface area contributed by atoms with Crippen molar-refractivity contribution in [1.82, 2.24) is 30.4 Å². The van der Waals surface area contributed by atoms with Crippen LogP contribution in [0.5, 0.6) is 0 Å². The molecule has 3 atom stereocenters. The van der Waals surface area contributed by atoms with E-state index in [1.807, 2.05) is 7.05 Å². The first kappa shape index (κ1) is 19.9. The van der Waals surface area contributed by atoms with Crippen LogP contribution in [0.4, 0.5) is 5.82 Å². The van der Waals surface area contributed by atoms with Gasteiger partial charge in [0.1, 0.15) is 5.82 Å². The Balaban J connectivity index is 1.53. The van der Waals surface area contributed by atoms with Gasteiger partial charge in [0.25, 0.3) is 5.91 Å². The summed E-state index contributed by atoms with van der Waals surface area (Å²) < 4.78 is 45.7. The van der Waals surface area contributed by atoms with Gasteiger partial charge in [-0.25, -0.2) is 9.97 Å². The molecule has 11 nitrogen and oxygen atoms in total. The largest absolute Gasteiger partial charge is 0.349 e. The highest BCUT2D eigenvalue weighted by Crippen LogP contribution is 2.28. The van der Waals surface area contributed by atoms with Crippen LogP contribution < -0.4 is 16.0 Å². The quantitative estimate of drug-likeness (QED) is 0.474. The summed E-state index contributed by atoms with van der Waals surface area (Å²) in [5.41, 5.74) is 0.813. The topological polar surface area (TPSA) is 137 Å². The van der Waals surface area contributed by atoms with Gasteiger partial charge in [-0.3, -0.25) is 19.2 Å². The number of pyridine rings is 1. The number of hydrogen-bond acceptors (Lipinski definition) is 8. The average Bonchev–Trinajstić information content (AvgIpc) is 3.32. The molecule has 3 heterocycles. The second-order valence-electron chi connectivity index (χ2n) is 9.04. The van der Waals surface area contributed by atoms with E-state index in [4.69, 9.17) is 19.8 Å². The highest BCUT2D eigenvalue weighted by atomic mass is 35.5. The Labute approximate surface area is 232 Å². The molecule has 198 valence electrons. The van der Waals surface area contributed by atoms with Gasteiger partial charge >= 0.3 is 11.8 Å². The first-order valence-electron chi connectivity index (χ1n) is 14.6. The van der Waals surface area contributed by atoms with E-state index in [2.05, 4.69) is 30.8 Å². The molecule has 4 amide bonds. The number of likely N-dealkylation sites (N-methyl/N-ethyl adjacent to an activating group) is 1. The van der Waals surface area contributed by atoms with Crippen molar-refractivity contribution in [2.45, 2.75) is 44.3 Å². The summed E-state index contributed by atoms with van der Waals surface area (Å²) in [7, 11) is 1.95. The highest BCUT2D eigenvalue weighted by molar-refractivity contribution is 7.13. The molecule has 0 spiro atoms. The predicted molar refractivity (Wildman–Crippen MR) is 139 cm³/mol. The minimum absolute atomic E-state index is 0.00292. The van der Waals surface area contributed by atoms with Crippen molar-refractivity contribution in [3.63, 3.8) is 0 Å². The number of fused-ring (bicyclic) bond motifs is 1. The zero-order valence-corrected chi connectivity index (χ0v) is 21.5. The summed E-state index contributed by atoms with van der Waals surface area (Å²) in [6, 6.07) is 1.07. The van der Waals surface area contributed by atoms with Crippen molar-refractivity contribution in [3.8, 4) is 0 Å². The molecule has 2 aliphatic rings. The van der Waals surface area contributed by atoms with Crippen LogP contribution in [0.3, 0.4) is 0 Å². The number of hydrogen-bond donors (Lipinski definition) is 3. The number of nitrogens with one attached hydrogen (secondary N) is 3. The minimum atomic E-state index is -3.23. The smallest absolute Gasteiger partial charge is 0.314 e. The number of aromatic nitrogens is 2. The fourth-order valence-electron chi connectivity index (χ4n) is 4.42. The summed E-state index contributed by atoms with van der Waals surface area (Å²) in [4.78, 5) is 63.2. The lowest BCUT2D eigenvalue weighted by molar-refractivity contribution is -0.137. The molecule has 1 fully saturated rings. The van der Waals surface area contributed by atoms with Crippen LogP contribution in [0.2, 0.25) is 5.02 Å². The van der Waals surface area contributed by atoms with E-state index in [0.29, 0.717) is 18.0 Å². The molecule has 1 aliphatic heterocycles. The molecule has 1 saturated carbocycles. The number of amides is 4. The second-order valence-corrected chi connectivity index (χ2v) is 10.6. The lowest BCUT2D eigenvalue weighted by Gasteiger charge is -2.37. The van der Waals surface area contributed by atoms with Crippen molar-refractivity contribution in [2.24, 2.45) is 5.92 Å². The van der Waals surface area contributed by atoms with Crippen LogP contribution in [0.15, 0.2) is 18.3 Å². The minimum Gasteiger partial charge on any atom is -0.349 e. The number of anilines is 1. The molecule has 3 N–H and O–H groups in total. The molecule has 0 unspecified atom stereocenters. The third-order valence-electron chi connectivity index (χ3n) is 6.34. The lowest BCUT2D eigenvalue weighted by atomic mass is 9.81. The third-order valence-corrected chi connectivity index (χ3v) is 7.65. The van der Waals surface area contributed by atoms with Crippen LogP contribution in [-0.4, -0.2) is 83.0 Å². The first-order valence-corrected chi connectivity index (χ1v) is 12.8. The molecule has 0 radical (unpaired) electrons. The fraction of sp³-hybridized carbons (Fsp3) is 0.500. The average molecular weight is 554 g/mol. The van der Waals surface area contributed by atoms with E-state index >= 15 is 0 Å². The Hall–Kier alpha value is -3.09. The summed E-state index contributed by atoms with van der Waals surface area (Å²) >= 11 is 7.02. The Morgan fingerprint density at radius 1 is 1.16 bits per heavy atom. The number of carbonyl (C=O) groups excluding carboxylic acids is 4. The van der Waals surface area contributed by atoms with Gasteiger partial charge in [0.05, 0.1) is 16.8 Å². The van der Waals surface area contributed by atoms with Gasteiger partial charge in [0.2, 0.25) is 5.91 Å². The summed E-state index contributed by atoms with van der Waals surface area (Å²) in [5, 5.41) is 8.20. The van der Waals surface area contributed by atoms with Gasteiger partial charge in [0, 0.05) is 64.7 Å². The van der Waals surface area contributed by atoms with Gasteiger partial charge in [-0.05, 0) is 38.4 Å². The van der Waals surface area contributed by atoms with Crippen LogP contribution in [-0.2, 0) is 27.3 Å². The summed E-state index contributed by atoms with van der Waals surface area (Å²) in [6.45, 7) is -5.04. The molecule has 2 aromatic rings. The maximum Gasteiger partial charge on any atom is 0.314 e. The lowest BCUT2D eigenvalue weighted by Crippen LogP contribution is -2.57. The van der Waals surface area contributed by atoms with Crippen molar-refractivity contribution in [2.75, 3.05) is 32.9 Å². The zero-order valence-electron chi connectivity index (χ0n) is 25.9. The molecular weight excluding hydrogens is 518 g/mol. The standard InChI is InChI=1S/C24H30ClN7O4S/c1-31(2)24(36)13-4-6-15(27-20(33)21(34)30-19-7-5-14(25)11-26-19)17(10-13)28-22(35)23-29-16-8-9-32(3)12-18(16)37-23/h5,7,11,13,15,17H,4,6,8-10,12H2,1-3H3,(H,27,33)(H,28,35)(H,26,30,34)/t13-,15-,17+/m1/s1/i1D3,2D3. The van der Waals surface area contributed by atoms with Crippen molar-refractivity contribution in [1.29, 1.82) is 0 Å². The predicted octanol–water partition coefficient (Wildman–Crippen LogP) is 1.29. The Kier molecular flexibility index (Phi) is 6.22. The molecule has 0 bridgehead atoms. The highest BCUT2D eigenvalue weighted by Gasteiger charge is 2.37. The van der Waals surface area contributed by atoms with Crippen LogP contribution in [0.25, 0.3) is 0 Å². The molecule has 1 aliphatic carbocycles. The molecule has 0 aromatic carbocycles. The maximum absolute atomic E-state index is 13.3. The number of thiazole rings is 1. The molecule has 37 heavy (non-hydrogen) atoms. The first-order chi connectivity index (χ1) is 20.0. The van der Waals surface area contributed by atoms with E-state index < -0.39 is 55.6 Å². The Morgan fingerprint density at radius 3 is 2.70 bits per heavy atom. The van der Waals surface area contributed by atoms with E-state index in [0.717, 1.165) is 17.1 Å². The van der Waals surface area contributed by atoms with Gasteiger partial charge < -0.3 is 25.8 Å². The number of carbonyl (C=O) groups is 4. The van der Waals surface area contributed by atoms with Crippen molar-refractivity contribution < 1.29 is 27.4 Å². The number of nitrogens with zero attached hydrogens (tertiary/aromatic N) is 4. The molecular formula is C24H30ClN7O4S. The molecule has 2 aromatic heterocycles. The Morgan fingerprint density at radius 2 is 1.97 bits per heavy atom. The molecule has 0 saturated heterocycles. The van der Waals surface area contributed by atoms with Gasteiger partial charge in [-0.1, -0.05) is 11.6 Å². The third kappa shape index (κ3) is 6.62. The zero-order chi connectivity index (χ0) is 31.7. The second kappa shape index (κ2) is 11.5. The summed E-state index contributed by atoms with van der Waals surface area (Å²) in [6.07, 6.45) is 1.80. The molecule has 4 rings (SSSR count). The normalized spacial score (nSPS) is 24.5. The van der Waals surface area contributed by atoms with E-state index in [1.54, 1.807) is 0 Å². The summed E-state index contributed by atoms with van der Waals surface area (Å²) in [5.74, 6) is -4.78. The van der Waals surface area contributed by atoms with Crippen LogP contribution >= 0.6 is 22.9 Å². The fourth-order valence-corrected chi connectivity index (χ4v) is 5.62. The van der Waals surface area contributed by atoms with E-state index in [-0.39, 0.29) is 35.0 Å². The monoisotopic (exact) mass is 553 g/mol. The van der Waals surface area contributed by atoms with E-state index in [9.17, 15) is 19.2 Å². The van der Waals surface area contributed by atoms with Crippen LogP contribution in [0.1, 0.15) is 47.9 Å². The van der Waals surface area contributed by atoms with Gasteiger partial charge in [-0.15, -0.1) is 11.3 Å². The van der Waals surface area contributed by atoms with Crippen molar-refractivity contribution in [3.05, 3.63) is 38.9 Å². The van der Waals surface area contributed by atoms with Gasteiger partial charge in [-0.2, -0.15) is 0 Å². The number of halogens is 1. The van der Waals surface area contributed by atoms with Crippen LogP contribution in [0, 0.1) is 5.92 Å². The van der Waals surface area contributed by atoms with E-state index in [1.165, 1.54) is 29.7 Å². The maximum atomic E-state index is 13.3. The number of rotatable bonds is 5. The SMILES string of the molecule is [2H]C([2H])([2H])N(C(=O)[C@@H]1CC[C@@H](NC(=O)C(=O)Nc2ccc(Cl)cn2)[C@@H](NC(=O)c2nc3c(s2)CN(C)CC3)C1)C([2H])([2H])[2H]. The molecule has 13 heteroatoms.